The van der Waals surface area contributed by atoms with Gasteiger partial charge in [0.25, 0.3) is 15.9 Å². The predicted octanol–water partition coefficient (Wildman–Crippen LogP) is 0.666. The Labute approximate surface area is 102 Å². The maximum absolute atomic E-state index is 12.7. The average Bonchev–Trinajstić information content (AvgIpc) is 2.56. The van der Waals surface area contributed by atoms with E-state index in [1.807, 2.05) is 0 Å². The van der Waals surface area contributed by atoms with Crippen LogP contribution in [0.5, 0.6) is 0 Å². The standard InChI is InChI=1S/C8H12F2N2O3S2/c1-5-7(16-6(2)12-5)17(14,15)11-3-8(9,10)4-13/h11,13H,3-4H2,1-2H3. The molecule has 0 bridgehead atoms. The number of nitrogens with one attached hydrogen (secondary N) is 1. The molecule has 0 aromatic carbocycles. The van der Waals surface area contributed by atoms with Gasteiger partial charge in [-0.1, -0.05) is 0 Å². The van der Waals surface area contributed by atoms with Crippen molar-refractivity contribution >= 4 is 21.4 Å². The first-order valence-corrected chi connectivity index (χ1v) is 6.90. The zero-order valence-electron chi connectivity index (χ0n) is 9.20. The molecule has 98 valence electrons. The van der Waals surface area contributed by atoms with Crippen LogP contribution in [0.2, 0.25) is 0 Å². The number of aromatic nitrogens is 1. The number of aryl methyl sites for hydroxylation is 2. The average molecular weight is 286 g/mol. The second kappa shape index (κ2) is 4.92. The molecule has 0 aliphatic carbocycles. The fourth-order valence-corrected chi connectivity index (χ4v) is 3.67. The van der Waals surface area contributed by atoms with E-state index in [9.17, 15) is 17.2 Å². The van der Waals surface area contributed by atoms with E-state index < -0.39 is 29.1 Å². The molecule has 5 nitrogen and oxygen atoms in total. The largest absolute Gasteiger partial charge is 0.390 e. The molecule has 2 N–H and O–H groups in total. The lowest BCUT2D eigenvalue weighted by Gasteiger charge is -2.13. The van der Waals surface area contributed by atoms with Crippen molar-refractivity contribution in [1.29, 1.82) is 0 Å². The fraction of sp³-hybridized carbons (Fsp3) is 0.625. The van der Waals surface area contributed by atoms with Gasteiger partial charge in [-0.05, 0) is 13.8 Å². The van der Waals surface area contributed by atoms with Crippen LogP contribution in [0.25, 0.3) is 0 Å². The van der Waals surface area contributed by atoms with Gasteiger partial charge >= 0.3 is 0 Å². The van der Waals surface area contributed by atoms with Gasteiger partial charge < -0.3 is 5.11 Å². The molecule has 9 heteroatoms. The third kappa shape index (κ3) is 3.66. The second-order valence-corrected chi connectivity index (χ2v) is 6.61. The highest BCUT2D eigenvalue weighted by molar-refractivity contribution is 7.91. The highest BCUT2D eigenvalue weighted by Crippen LogP contribution is 2.23. The Morgan fingerprint density at radius 1 is 1.47 bits per heavy atom. The molecular formula is C8H12F2N2O3S2. The molecule has 0 saturated carbocycles. The SMILES string of the molecule is Cc1nc(C)c(S(=O)(=O)NCC(F)(F)CO)s1. The van der Waals surface area contributed by atoms with Gasteiger partial charge in [0, 0.05) is 0 Å². The van der Waals surface area contributed by atoms with Gasteiger partial charge in [0.1, 0.15) is 6.61 Å². The van der Waals surface area contributed by atoms with Crippen LogP contribution in [-0.4, -0.2) is 37.6 Å². The molecule has 0 spiro atoms. The lowest BCUT2D eigenvalue weighted by atomic mass is 10.4. The Balaban J connectivity index is 2.87. The molecule has 1 aromatic heterocycles. The summed E-state index contributed by atoms with van der Waals surface area (Å²) in [5.74, 6) is -3.47. The summed E-state index contributed by atoms with van der Waals surface area (Å²) in [5, 5.41) is 8.86. The van der Waals surface area contributed by atoms with Crippen LogP contribution < -0.4 is 4.72 Å². The zero-order valence-corrected chi connectivity index (χ0v) is 10.8. The Morgan fingerprint density at radius 2 is 2.06 bits per heavy atom. The van der Waals surface area contributed by atoms with Crippen molar-refractivity contribution in [3.8, 4) is 0 Å². The molecule has 0 fully saturated rings. The molecule has 0 unspecified atom stereocenters. The minimum absolute atomic E-state index is 0.0799. The molecular weight excluding hydrogens is 274 g/mol. The van der Waals surface area contributed by atoms with E-state index in [2.05, 4.69) is 4.98 Å². The fourth-order valence-electron chi connectivity index (χ4n) is 1.08. The molecule has 0 aliphatic heterocycles. The molecule has 0 atom stereocenters. The second-order valence-electron chi connectivity index (χ2n) is 3.44. The Morgan fingerprint density at radius 3 is 2.47 bits per heavy atom. The lowest BCUT2D eigenvalue weighted by Crippen LogP contribution is -2.38. The summed E-state index contributed by atoms with van der Waals surface area (Å²) >= 11 is 0.911. The van der Waals surface area contributed by atoms with E-state index >= 15 is 0 Å². The summed E-state index contributed by atoms with van der Waals surface area (Å²) in [6.45, 7) is 0.569. The van der Waals surface area contributed by atoms with E-state index in [0.29, 0.717) is 5.01 Å². The number of hydrogen-bond acceptors (Lipinski definition) is 5. The topological polar surface area (TPSA) is 79.3 Å². The molecule has 0 radical (unpaired) electrons. The molecule has 0 saturated heterocycles. The van der Waals surface area contributed by atoms with Gasteiger partial charge in [0.15, 0.2) is 4.21 Å². The van der Waals surface area contributed by atoms with E-state index in [0.717, 1.165) is 11.3 Å². The highest BCUT2D eigenvalue weighted by atomic mass is 32.2. The molecule has 1 aromatic rings. The van der Waals surface area contributed by atoms with Crippen molar-refractivity contribution in [2.75, 3.05) is 13.2 Å². The van der Waals surface area contributed by atoms with Crippen LogP contribution in [0.1, 0.15) is 10.7 Å². The highest BCUT2D eigenvalue weighted by Gasteiger charge is 2.31. The van der Waals surface area contributed by atoms with Gasteiger partial charge in [0.05, 0.1) is 17.2 Å². The third-order valence-electron chi connectivity index (χ3n) is 1.86. The van der Waals surface area contributed by atoms with Crippen molar-refractivity contribution < 1.29 is 22.3 Å². The molecule has 17 heavy (non-hydrogen) atoms. The summed E-state index contributed by atoms with van der Waals surface area (Å²) in [5.41, 5.74) is 0.271. The van der Waals surface area contributed by atoms with E-state index in [1.165, 1.54) is 6.92 Å². The Hall–Kier alpha value is -0.640. The Kier molecular flexibility index (Phi) is 4.18. The summed E-state index contributed by atoms with van der Waals surface area (Å²) in [7, 11) is -4.00. The van der Waals surface area contributed by atoms with Crippen molar-refractivity contribution in [1.82, 2.24) is 9.71 Å². The number of aliphatic hydroxyl groups excluding tert-OH is 1. The quantitative estimate of drug-likeness (QED) is 0.833. The van der Waals surface area contributed by atoms with Crippen LogP contribution in [0.15, 0.2) is 4.21 Å². The van der Waals surface area contributed by atoms with Crippen LogP contribution >= 0.6 is 11.3 Å². The maximum Gasteiger partial charge on any atom is 0.283 e. The van der Waals surface area contributed by atoms with Crippen molar-refractivity contribution in [2.45, 2.75) is 24.0 Å². The first-order chi connectivity index (χ1) is 7.68. The number of thiazole rings is 1. The summed E-state index contributed by atoms with van der Waals surface area (Å²) in [6.07, 6.45) is 0. The van der Waals surface area contributed by atoms with Gasteiger partial charge in [-0.2, -0.15) is 0 Å². The van der Waals surface area contributed by atoms with Crippen LogP contribution in [-0.2, 0) is 10.0 Å². The summed E-state index contributed by atoms with van der Waals surface area (Å²) < 4.78 is 50.5. The molecule has 1 heterocycles. The number of sulfonamides is 1. The van der Waals surface area contributed by atoms with E-state index in [1.54, 1.807) is 11.6 Å². The number of alkyl halides is 2. The van der Waals surface area contributed by atoms with E-state index in [4.69, 9.17) is 5.11 Å². The predicted molar refractivity (Wildman–Crippen MR) is 58.8 cm³/mol. The summed E-state index contributed by atoms with van der Waals surface area (Å²) in [6, 6.07) is 0. The van der Waals surface area contributed by atoms with Crippen molar-refractivity contribution in [3.05, 3.63) is 10.7 Å². The van der Waals surface area contributed by atoms with Crippen LogP contribution in [0, 0.1) is 13.8 Å². The first kappa shape index (κ1) is 14.4. The van der Waals surface area contributed by atoms with Gasteiger partial charge in [-0.15, -0.1) is 11.3 Å². The normalized spacial score (nSPS) is 13.0. The number of aliphatic hydroxyl groups is 1. The molecule has 0 amide bonds. The van der Waals surface area contributed by atoms with Crippen molar-refractivity contribution in [3.63, 3.8) is 0 Å². The van der Waals surface area contributed by atoms with Gasteiger partial charge in [0.2, 0.25) is 0 Å². The van der Waals surface area contributed by atoms with E-state index in [-0.39, 0.29) is 9.90 Å². The van der Waals surface area contributed by atoms with Crippen LogP contribution in [0.3, 0.4) is 0 Å². The van der Waals surface area contributed by atoms with Gasteiger partial charge in [-0.25, -0.2) is 26.9 Å². The monoisotopic (exact) mass is 286 g/mol. The smallest absolute Gasteiger partial charge is 0.283 e. The minimum Gasteiger partial charge on any atom is -0.390 e. The summed E-state index contributed by atoms with van der Waals surface area (Å²) in [4.78, 5) is 3.90. The zero-order chi connectivity index (χ0) is 13.3. The maximum atomic E-state index is 12.7. The number of halogens is 2. The number of nitrogens with zero attached hydrogens (tertiary/aromatic N) is 1. The number of rotatable bonds is 5. The Bertz CT molecular complexity index is 499. The van der Waals surface area contributed by atoms with Crippen molar-refractivity contribution in [2.24, 2.45) is 0 Å². The molecule has 0 aliphatic rings. The lowest BCUT2D eigenvalue weighted by molar-refractivity contribution is -0.0437. The van der Waals surface area contributed by atoms with Gasteiger partial charge in [-0.3, -0.25) is 0 Å². The first-order valence-electron chi connectivity index (χ1n) is 4.60. The van der Waals surface area contributed by atoms with Crippen LogP contribution in [0.4, 0.5) is 8.78 Å². The third-order valence-corrected chi connectivity index (χ3v) is 4.94. The minimum atomic E-state index is -4.00. The molecule has 1 rings (SSSR count). The number of hydrogen-bond donors (Lipinski definition) is 2.